The first-order valence-corrected chi connectivity index (χ1v) is 8.05. The lowest BCUT2D eigenvalue weighted by molar-refractivity contribution is 0.0992. The van der Waals surface area contributed by atoms with E-state index in [1.807, 2.05) is 12.1 Å². The van der Waals surface area contributed by atoms with Gasteiger partial charge in [0.2, 0.25) is 5.78 Å². The highest BCUT2D eigenvalue weighted by Gasteiger charge is 2.20. The number of benzene rings is 1. The minimum absolute atomic E-state index is 0.0627. The molecule has 0 aliphatic heterocycles. The van der Waals surface area contributed by atoms with Crippen LogP contribution in [0, 0.1) is 0 Å². The Morgan fingerprint density at radius 1 is 1.30 bits per heavy atom. The van der Waals surface area contributed by atoms with Gasteiger partial charge in [-0.3, -0.25) is 4.79 Å². The SMILES string of the molecule is COCCCS(=O)(=O)CC(=O)c1cc2ccccc2o1. The molecule has 0 saturated carbocycles. The third-order valence-corrected chi connectivity index (χ3v) is 4.47. The van der Waals surface area contributed by atoms with Crippen LogP contribution in [0.3, 0.4) is 0 Å². The number of carbonyl (C=O) groups is 1. The summed E-state index contributed by atoms with van der Waals surface area (Å²) in [5.41, 5.74) is 0.577. The van der Waals surface area contributed by atoms with Gasteiger partial charge in [0.05, 0.1) is 5.75 Å². The van der Waals surface area contributed by atoms with Crippen LogP contribution < -0.4 is 0 Å². The van der Waals surface area contributed by atoms with E-state index in [9.17, 15) is 13.2 Å². The largest absolute Gasteiger partial charge is 0.453 e. The van der Waals surface area contributed by atoms with Gasteiger partial charge in [0.15, 0.2) is 15.6 Å². The van der Waals surface area contributed by atoms with Gasteiger partial charge >= 0.3 is 0 Å². The fourth-order valence-corrected chi connectivity index (χ4v) is 3.13. The van der Waals surface area contributed by atoms with E-state index in [1.54, 1.807) is 18.2 Å². The fraction of sp³-hybridized carbons (Fsp3) is 0.357. The maximum atomic E-state index is 12.0. The minimum Gasteiger partial charge on any atom is -0.453 e. The molecule has 0 aliphatic carbocycles. The molecule has 0 amide bonds. The molecule has 2 rings (SSSR count). The summed E-state index contributed by atoms with van der Waals surface area (Å²) in [4.78, 5) is 12.0. The number of Topliss-reactive ketones (excluding diaryl/α,β-unsaturated/α-hetero) is 1. The summed E-state index contributed by atoms with van der Waals surface area (Å²) in [5, 5.41) is 0.785. The van der Waals surface area contributed by atoms with Crippen molar-refractivity contribution >= 4 is 26.6 Å². The predicted octanol–water partition coefficient (Wildman–Crippen LogP) is 2.07. The van der Waals surface area contributed by atoms with Crippen molar-refractivity contribution in [2.45, 2.75) is 6.42 Å². The Hall–Kier alpha value is -1.66. The van der Waals surface area contributed by atoms with Crippen LogP contribution in [0.4, 0.5) is 0 Å². The molecule has 20 heavy (non-hydrogen) atoms. The smallest absolute Gasteiger partial charge is 0.213 e. The van der Waals surface area contributed by atoms with Crippen molar-refractivity contribution in [3.05, 3.63) is 36.1 Å². The highest BCUT2D eigenvalue weighted by atomic mass is 32.2. The molecule has 0 aliphatic rings. The molecular formula is C14H16O5S. The zero-order valence-corrected chi connectivity index (χ0v) is 12.0. The molecule has 5 nitrogen and oxygen atoms in total. The predicted molar refractivity (Wildman–Crippen MR) is 75.7 cm³/mol. The first-order chi connectivity index (χ1) is 9.52. The van der Waals surface area contributed by atoms with Crippen molar-refractivity contribution in [1.29, 1.82) is 0 Å². The standard InChI is InChI=1S/C14H16O5S/c1-18-7-4-8-20(16,17)10-12(15)14-9-11-5-2-3-6-13(11)19-14/h2-3,5-6,9H,4,7-8,10H2,1H3. The van der Waals surface area contributed by atoms with Gasteiger partial charge in [-0.25, -0.2) is 8.42 Å². The summed E-state index contributed by atoms with van der Waals surface area (Å²) >= 11 is 0. The lowest BCUT2D eigenvalue weighted by atomic mass is 10.2. The molecule has 0 fully saturated rings. The second-order valence-corrected chi connectivity index (χ2v) is 6.69. The maximum absolute atomic E-state index is 12.0. The van der Waals surface area contributed by atoms with Crippen molar-refractivity contribution in [2.24, 2.45) is 0 Å². The molecule has 108 valence electrons. The van der Waals surface area contributed by atoms with E-state index in [0.717, 1.165) is 5.39 Å². The van der Waals surface area contributed by atoms with E-state index in [4.69, 9.17) is 9.15 Å². The Morgan fingerprint density at radius 2 is 2.05 bits per heavy atom. The lowest BCUT2D eigenvalue weighted by Gasteiger charge is -2.01. The molecule has 1 aromatic heterocycles. The van der Waals surface area contributed by atoms with Crippen molar-refractivity contribution < 1.29 is 22.4 Å². The molecule has 0 N–H and O–H groups in total. The van der Waals surface area contributed by atoms with Crippen molar-refractivity contribution in [3.8, 4) is 0 Å². The van der Waals surface area contributed by atoms with Gasteiger partial charge in [0, 0.05) is 19.1 Å². The van der Waals surface area contributed by atoms with E-state index in [2.05, 4.69) is 0 Å². The van der Waals surface area contributed by atoms with Crippen LogP contribution in [-0.2, 0) is 14.6 Å². The number of furan rings is 1. The van der Waals surface area contributed by atoms with Crippen LogP contribution in [0.25, 0.3) is 11.0 Å². The van der Waals surface area contributed by atoms with Crippen LogP contribution in [0.5, 0.6) is 0 Å². The van der Waals surface area contributed by atoms with Crippen molar-refractivity contribution in [3.63, 3.8) is 0 Å². The van der Waals surface area contributed by atoms with Crippen LogP contribution in [0.2, 0.25) is 0 Å². The molecule has 0 atom stereocenters. The molecule has 1 aromatic carbocycles. The number of hydrogen-bond acceptors (Lipinski definition) is 5. The number of methoxy groups -OCH3 is 1. The Balaban J connectivity index is 2.07. The number of sulfone groups is 1. The quantitative estimate of drug-likeness (QED) is 0.577. The van der Waals surface area contributed by atoms with E-state index in [1.165, 1.54) is 7.11 Å². The molecule has 6 heteroatoms. The van der Waals surface area contributed by atoms with Crippen LogP contribution in [0.15, 0.2) is 34.7 Å². The van der Waals surface area contributed by atoms with Gasteiger partial charge in [0.25, 0.3) is 0 Å². The Bertz CT molecular complexity index is 666. The van der Waals surface area contributed by atoms with Gasteiger partial charge in [-0.1, -0.05) is 18.2 Å². The summed E-state index contributed by atoms with van der Waals surface area (Å²) in [5.74, 6) is -1.02. The number of ether oxygens (including phenoxy) is 1. The first-order valence-electron chi connectivity index (χ1n) is 6.23. The Morgan fingerprint density at radius 3 is 2.75 bits per heavy atom. The third-order valence-electron chi connectivity index (χ3n) is 2.86. The van der Waals surface area contributed by atoms with Crippen LogP contribution in [0.1, 0.15) is 17.0 Å². The summed E-state index contributed by atoms with van der Waals surface area (Å²) in [6.07, 6.45) is 0.381. The number of ketones is 1. The first kappa shape index (κ1) is 14.7. The van der Waals surface area contributed by atoms with Crippen molar-refractivity contribution in [1.82, 2.24) is 0 Å². The lowest BCUT2D eigenvalue weighted by Crippen LogP contribution is -2.19. The molecule has 0 unspecified atom stereocenters. The van der Waals surface area contributed by atoms with E-state index >= 15 is 0 Å². The Labute approximate surface area is 117 Å². The summed E-state index contributed by atoms with van der Waals surface area (Å²) < 4.78 is 33.7. The molecule has 2 aromatic rings. The maximum Gasteiger partial charge on any atom is 0.213 e. The van der Waals surface area contributed by atoms with E-state index in [0.29, 0.717) is 18.6 Å². The van der Waals surface area contributed by atoms with Crippen LogP contribution >= 0.6 is 0 Å². The normalized spacial score (nSPS) is 11.8. The number of hydrogen-bond donors (Lipinski definition) is 0. The number of para-hydroxylation sites is 1. The second kappa shape index (κ2) is 6.19. The summed E-state index contributed by atoms with van der Waals surface area (Å²) in [7, 11) is -1.92. The molecule has 1 heterocycles. The molecular weight excluding hydrogens is 280 g/mol. The van der Waals surface area contributed by atoms with Crippen LogP contribution in [-0.4, -0.2) is 39.4 Å². The van der Waals surface area contributed by atoms with Crippen molar-refractivity contribution in [2.75, 3.05) is 25.2 Å². The zero-order chi connectivity index (χ0) is 14.6. The van der Waals surface area contributed by atoms with E-state index < -0.39 is 21.4 Å². The summed E-state index contributed by atoms with van der Waals surface area (Å²) in [6, 6.07) is 8.74. The molecule has 0 bridgehead atoms. The van der Waals surface area contributed by atoms with Gasteiger partial charge in [-0.05, 0) is 18.6 Å². The zero-order valence-electron chi connectivity index (χ0n) is 11.2. The minimum atomic E-state index is -3.43. The van der Waals surface area contributed by atoms with E-state index in [-0.39, 0.29) is 11.5 Å². The van der Waals surface area contributed by atoms with Gasteiger partial charge in [-0.2, -0.15) is 0 Å². The van der Waals surface area contributed by atoms with Gasteiger partial charge < -0.3 is 9.15 Å². The molecule has 0 spiro atoms. The topological polar surface area (TPSA) is 73.6 Å². The number of rotatable bonds is 7. The average Bonchev–Trinajstić information content (AvgIpc) is 2.82. The third kappa shape index (κ3) is 3.68. The van der Waals surface area contributed by atoms with Gasteiger partial charge in [-0.15, -0.1) is 0 Å². The number of fused-ring (bicyclic) bond motifs is 1. The fourth-order valence-electron chi connectivity index (χ4n) is 1.89. The summed E-state index contributed by atoms with van der Waals surface area (Å²) in [6.45, 7) is 0.359. The molecule has 0 saturated heterocycles. The second-order valence-electron chi connectivity index (χ2n) is 4.51. The monoisotopic (exact) mass is 296 g/mol. The highest BCUT2D eigenvalue weighted by molar-refractivity contribution is 7.92. The highest BCUT2D eigenvalue weighted by Crippen LogP contribution is 2.19. The van der Waals surface area contributed by atoms with Gasteiger partial charge in [0.1, 0.15) is 11.3 Å². The Kier molecular flexibility index (Phi) is 4.57. The average molecular weight is 296 g/mol. The molecule has 0 radical (unpaired) electrons. The number of carbonyl (C=O) groups excluding carboxylic acids is 1.